The number of fused-ring (bicyclic) bond motifs is 1. The summed E-state index contributed by atoms with van der Waals surface area (Å²) < 4.78 is 10.7. The Kier molecular flexibility index (Phi) is 6.11. The number of hydrogen-bond acceptors (Lipinski definition) is 6. The van der Waals surface area contributed by atoms with Crippen LogP contribution in [-0.4, -0.2) is 54.4 Å². The second-order valence-electron chi connectivity index (χ2n) is 5.34. The standard InChI is InChI=1S/C15H22N2O5S/c1-21-12-5-9-3-4-17(16-15(20)23)14(10(7-18)8-19)11(9)6-13(12)22-2/h5-6,10,14,18-19H,3-4,7-8H2,1-2H3,(H2,16,20,23). The number of hydrogen-bond donors (Lipinski definition) is 4. The third-order valence-corrected chi connectivity index (χ3v) is 4.18. The largest absolute Gasteiger partial charge is 0.493 e. The summed E-state index contributed by atoms with van der Waals surface area (Å²) in [6.45, 7) is 0.109. The molecular weight excluding hydrogens is 320 g/mol. The van der Waals surface area contributed by atoms with Crippen molar-refractivity contribution in [2.45, 2.75) is 12.5 Å². The fraction of sp³-hybridized carbons (Fsp3) is 0.533. The van der Waals surface area contributed by atoms with Gasteiger partial charge in [0, 0.05) is 25.7 Å². The van der Waals surface area contributed by atoms with Gasteiger partial charge in [-0.2, -0.15) is 0 Å². The number of nitrogens with one attached hydrogen (secondary N) is 1. The lowest BCUT2D eigenvalue weighted by atomic mass is 9.85. The van der Waals surface area contributed by atoms with Crippen LogP contribution in [0.25, 0.3) is 0 Å². The molecule has 3 N–H and O–H groups in total. The van der Waals surface area contributed by atoms with Gasteiger partial charge in [0.25, 0.3) is 5.24 Å². The molecule has 1 unspecified atom stereocenters. The number of ether oxygens (including phenoxy) is 2. The van der Waals surface area contributed by atoms with Crippen LogP contribution < -0.4 is 14.9 Å². The number of methoxy groups -OCH3 is 2. The fourth-order valence-electron chi connectivity index (χ4n) is 2.99. The summed E-state index contributed by atoms with van der Waals surface area (Å²) in [5.41, 5.74) is 4.56. The van der Waals surface area contributed by atoms with Gasteiger partial charge in [0.05, 0.1) is 20.3 Å². The van der Waals surface area contributed by atoms with Crippen molar-refractivity contribution in [3.8, 4) is 11.5 Å². The number of carbonyl (C=O) groups excluding carboxylic acids is 1. The van der Waals surface area contributed by atoms with Crippen LogP contribution in [0.4, 0.5) is 4.79 Å². The van der Waals surface area contributed by atoms with E-state index in [1.54, 1.807) is 19.2 Å². The molecule has 1 aliphatic heterocycles. The van der Waals surface area contributed by atoms with Crippen molar-refractivity contribution in [2.24, 2.45) is 5.92 Å². The maximum absolute atomic E-state index is 11.3. The Morgan fingerprint density at radius 3 is 2.48 bits per heavy atom. The van der Waals surface area contributed by atoms with E-state index in [1.807, 2.05) is 12.1 Å². The van der Waals surface area contributed by atoms with Crippen molar-refractivity contribution < 1.29 is 24.5 Å². The molecule has 0 spiro atoms. The summed E-state index contributed by atoms with van der Waals surface area (Å²) in [5, 5.41) is 20.4. The van der Waals surface area contributed by atoms with Crippen molar-refractivity contribution in [1.29, 1.82) is 0 Å². The molecule has 1 aromatic carbocycles. The number of nitrogens with zero attached hydrogens (tertiary/aromatic N) is 1. The van der Waals surface area contributed by atoms with E-state index in [2.05, 4.69) is 18.1 Å². The highest BCUT2D eigenvalue weighted by Gasteiger charge is 2.35. The predicted molar refractivity (Wildman–Crippen MR) is 87.9 cm³/mol. The molecule has 1 aromatic rings. The van der Waals surface area contributed by atoms with E-state index in [0.717, 1.165) is 11.1 Å². The normalized spacial score (nSPS) is 17.7. The van der Waals surface area contributed by atoms with Crippen molar-refractivity contribution in [2.75, 3.05) is 34.0 Å². The topological polar surface area (TPSA) is 91.3 Å². The molecule has 0 saturated heterocycles. The smallest absolute Gasteiger partial charge is 0.290 e. The quantitative estimate of drug-likeness (QED) is 0.571. The van der Waals surface area contributed by atoms with Crippen LogP contribution in [0, 0.1) is 5.92 Å². The van der Waals surface area contributed by atoms with E-state index < -0.39 is 11.2 Å². The average molecular weight is 342 g/mol. The van der Waals surface area contributed by atoms with Gasteiger partial charge in [-0.15, -0.1) is 0 Å². The van der Waals surface area contributed by atoms with Gasteiger partial charge in [-0.25, -0.2) is 5.01 Å². The van der Waals surface area contributed by atoms with Crippen molar-refractivity contribution in [3.63, 3.8) is 0 Å². The van der Waals surface area contributed by atoms with Crippen LogP contribution in [0.5, 0.6) is 11.5 Å². The number of aliphatic hydroxyl groups excluding tert-OH is 2. The minimum absolute atomic E-state index is 0.214. The highest BCUT2D eigenvalue weighted by molar-refractivity contribution is 7.96. The third-order valence-electron chi connectivity index (χ3n) is 4.08. The van der Waals surface area contributed by atoms with Crippen LogP contribution >= 0.6 is 12.6 Å². The number of carbonyl (C=O) groups is 1. The number of aliphatic hydroxyl groups is 2. The van der Waals surface area contributed by atoms with Crippen LogP contribution in [0.2, 0.25) is 0 Å². The highest BCUT2D eigenvalue weighted by Crippen LogP contribution is 2.40. The van der Waals surface area contributed by atoms with E-state index in [9.17, 15) is 15.0 Å². The molecule has 2 rings (SSSR count). The van der Waals surface area contributed by atoms with E-state index in [1.165, 1.54) is 0 Å². The summed E-state index contributed by atoms with van der Waals surface area (Å²) in [7, 11) is 3.12. The zero-order valence-electron chi connectivity index (χ0n) is 13.2. The maximum atomic E-state index is 11.3. The molecule has 1 aliphatic rings. The first-order valence-corrected chi connectivity index (χ1v) is 7.73. The SMILES string of the molecule is COc1cc2c(cc1OC)C(C(CO)CO)N(NC(=O)S)CC2. The number of thiol groups is 1. The molecule has 1 heterocycles. The van der Waals surface area contributed by atoms with Crippen molar-refractivity contribution in [1.82, 2.24) is 10.4 Å². The molecule has 0 bridgehead atoms. The second kappa shape index (κ2) is 7.87. The van der Waals surface area contributed by atoms with Crippen molar-refractivity contribution >= 4 is 17.9 Å². The first-order valence-electron chi connectivity index (χ1n) is 7.28. The number of hydrazine groups is 1. The van der Waals surface area contributed by atoms with Gasteiger partial charge in [0.2, 0.25) is 0 Å². The zero-order chi connectivity index (χ0) is 17.0. The molecule has 7 nitrogen and oxygen atoms in total. The minimum atomic E-state index is -0.492. The third kappa shape index (κ3) is 3.72. The molecule has 0 fully saturated rings. The summed E-state index contributed by atoms with van der Waals surface area (Å²) in [4.78, 5) is 11.3. The number of benzene rings is 1. The van der Waals surface area contributed by atoms with Gasteiger partial charge >= 0.3 is 0 Å². The van der Waals surface area contributed by atoms with Crippen LogP contribution in [-0.2, 0) is 6.42 Å². The Bertz CT molecular complexity index is 565. The minimum Gasteiger partial charge on any atom is -0.493 e. The molecule has 8 heteroatoms. The second-order valence-corrected chi connectivity index (χ2v) is 5.74. The number of rotatable bonds is 6. The highest BCUT2D eigenvalue weighted by atomic mass is 32.1. The Balaban J connectivity index is 2.50. The molecule has 23 heavy (non-hydrogen) atoms. The van der Waals surface area contributed by atoms with Gasteiger partial charge in [-0.3, -0.25) is 10.2 Å². The Hall–Kier alpha value is -1.48. The van der Waals surface area contributed by atoms with Crippen LogP contribution in [0.3, 0.4) is 0 Å². The van der Waals surface area contributed by atoms with Gasteiger partial charge in [-0.05, 0) is 29.7 Å². The average Bonchev–Trinajstić information content (AvgIpc) is 2.55. The summed E-state index contributed by atoms with van der Waals surface area (Å²) in [6.07, 6.45) is 0.684. The summed E-state index contributed by atoms with van der Waals surface area (Å²) in [5.74, 6) is 0.735. The summed E-state index contributed by atoms with van der Waals surface area (Å²) >= 11 is 3.75. The van der Waals surface area contributed by atoms with E-state index in [4.69, 9.17) is 9.47 Å². The lowest BCUT2D eigenvalue weighted by molar-refractivity contribution is 0.0313. The van der Waals surface area contributed by atoms with Gasteiger partial charge in [0.15, 0.2) is 11.5 Å². The molecule has 0 radical (unpaired) electrons. The van der Waals surface area contributed by atoms with Gasteiger partial charge < -0.3 is 19.7 Å². The first-order chi connectivity index (χ1) is 11.0. The molecule has 0 aliphatic carbocycles. The molecular formula is C15H22N2O5S. The van der Waals surface area contributed by atoms with Crippen LogP contribution in [0.15, 0.2) is 12.1 Å². The number of amides is 1. The van der Waals surface area contributed by atoms with Crippen molar-refractivity contribution in [3.05, 3.63) is 23.3 Å². The monoisotopic (exact) mass is 342 g/mol. The first kappa shape index (κ1) is 17.9. The molecule has 0 aromatic heterocycles. The zero-order valence-corrected chi connectivity index (χ0v) is 14.0. The maximum Gasteiger partial charge on any atom is 0.290 e. The molecule has 0 saturated carbocycles. The van der Waals surface area contributed by atoms with Gasteiger partial charge in [0.1, 0.15) is 0 Å². The summed E-state index contributed by atoms with van der Waals surface area (Å²) in [6, 6.07) is 3.34. The lowest BCUT2D eigenvalue weighted by Gasteiger charge is -2.40. The van der Waals surface area contributed by atoms with E-state index in [0.29, 0.717) is 24.5 Å². The predicted octanol–water partition coefficient (Wildman–Crippen LogP) is 0.758. The van der Waals surface area contributed by atoms with E-state index in [-0.39, 0.29) is 19.3 Å². The van der Waals surface area contributed by atoms with Gasteiger partial charge in [-0.1, -0.05) is 12.6 Å². The molecule has 1 amide bonds. The Morgan fingerprint density at radius 1 is 1.35 bits per heavy atom. The lowest BCUT2D eigenvalue weighted by Crippen LogP contribution is -2.49. The Labute approximate surface area is 140 Å². The van der Waals surface area contributed by atoms with E-state index >= 15 is 0 Å². The molecule has 128 valence electrons. The fourth-order valence-corrected chi connectivity index (χ4v) is 3.12. The Morgan fingerprint density at radius 2 is 1.96 bits per heavy atom. The molecule has 1 atom stereocenters. The van der Waals surface area contributed by atoms with Crippen LogP contribution in [0.1, 0.15) is 17.2 Å².